The number of aromatic nitrogens is 6. The van der Waals surface area contributed by atoms with Gasteiger partial charge in [-0.2, -0.15) is 5.10 Å². The monoisotopic (exact) mass is 480 g/mol. The van der Waals surface area contributed by atoms with E-state index < -0.39 is 11.9 Å². The third-order valence-electron chi connectivity index (χ3n) is 6.22. The highest BCUT2D eigenvalue weighted by molar-refractivity contribution is 6.30. The first kappa shape index (κ1) is 21.5. The first-order valence-electron chi connectivity index (χ1n) is 11.2. The van der Waals surface area contributed by atoms with Crippen LogP contribution in [0.2, 0.25) is 5.02 Å². The highest BCUT2D eigenvalue weighted by atomic mass is 35.5. The summed E-state index contributed by atoms with van der Waals surface area (Å²) >= 11 is 5.98. The highest BCUT2D eigenvalue weighted by Crippen LogP contribution is 2.37. The van der Waals surface area contributed by atoms with E-state index in [2.05, 4.69) is 20.1 Å². The molecule has 0 unspecified atom stereocenters. The molecule has 0 bridgehead atoms. The molecule has 1 aliphatic heterocycles. The van der Waals surface area contributed by atoms with E-state index >= 15 is 0 Å². The van der Waals surface area contributed by atoms with Crippen LogP contribution < -0.4 is 0 Å². The van der Waals surface area contributed by atoms with Gasteiger partial charge in [-0.25, -0.2) is 24.3 Å². The number of fused-ring (bicyclic) bond motifs is 1. The summed E-state index contributed by atoms with van der Waals surface area (Å²) in [5.74, 6) is -0.127. The van der Waals surface area contributed by atoms with E-state index in [0.29, 0.717) is 40.4 Å². The first-order valence-corrected chi connectivity index (χ1v) is 11.6. The van der Waals surface area contributed by atoms with Crippen molar-refractivity contribution in [3.63, 3.8) is 0 Å². The van der Waals surface area contributed by atoms with E-state index in [1.165, 1.54) is 6.07 Å². The van der Waals surface area contributed by atoms with E-state index in [4.69, 9.17) is 26.1 Å². The van der Waals surface area contributed by atoms with Gasteiger partial charge in [0.25, 0.3) is 0 Å². The molecule has 0 N–H and O–H groups in total. The van der Waals surface area contributed by atoms with Gasteiger partial charge in [0.1, 0.15) is 29.2 Å². The van der Waals surface area contributed by atoms with E-state index in [9.17, 15) is 4.39 Å². The maximum Gasteiger partial charge on any atom is 0.182 e. The Labute approximate surface area is 200 Å². The summed E-state index contributed by atoms with van der Waals surface area (Å²) in [6.07, 6.45) is 5.29. The number of rotatable bonds is 4. The number of halogens is 2. The predicted octanol–water partition coefficient (Wildman–Crippen LogP) is 4.86. The maximum absolute atomic E-state index is 14.9. The molecule has 4 heterocycles. The molecule has 0 amide bonds. The molecule has 4 aromatic rings. The van der Waals surface area contributed by atoms with Crippen LogP contribution in [0.1, 0.15) is 53.9 Å². The molecule has 1 aliphatic carbocycles. The molecule has 0 spiro atoms. The molecule has 174 valence electrons. The molecule has 34 heavy (non-hydrogen) atoms. The van der Waals surface area contributed by atoms with Gasteiger partial charge >= 0.3 is 0 Å². The van der Waals surface area contributed by atoms with Gasteiger partial charge in [-0.1, -0.05) is 11.6 Å². The number of hydrogen-bond donors (Lipinski definition) is 0. The van der Waals surface area contributed by atoms with Gasteiger partial charge in [0.05, 0.1) is 36.8 Å². The molecule has 2 atom stereocenters. The van der Waals surface area contributed by atoms with Crippen molar-refractivity contribution in [2.45, 2.75) is 44.9 Å². The quantitative estimate of drug-likeness (QED) is 0.412. The van der Waals surface area contributed by atoms with Crippen LogP contribution >= 0.6 is 11.6 Å². The summed E-state index contributed by atoms with van der Waals surface area (Å²) in [5.41, 5.74) is 3.84. The summed E-state index contributed by atoms with van der Waals surface area (Å²) in [5, 5.41) is 4.76. The Kier molecular flexibility index (Phi) is 5.28. The molecule has 3 aromatic heterocycles. The van der Waals surface area contributed by atoms with Gasteiger partial charge in [-0.15, -0.1) is 0 Å². The molecule has 6 rings (SSSR count). The first-order chi connectivity index (χ1) is 16.5. The number of benzene rings is 1. The fraction of sp³-hybridized carbons (Fsp3) is 0.375. The Morgan fingerprint density at radius 3 is 2.62 bits per heavy atom. The lowest BCUT2D eigenvalue weighted by molar-refractivity contribution is -0.145. The Hall–Kier alpha value is -3.01. The second-order valence-electron chi connectivity index (χ2n) is 8.76. The predicted molar refractivity (Wildman–Crippen MR) is 123 cm³/mol. The van der Waals surface area contributed by atoms with Gasteiger partial charge in [-0.05, 0) is 44.9 Å². The molecule has 0 radical (unpaired) electrons. The summed E-state index contributed by atoms with van der Waals surface area (Å²) in [6, 6.07) is 4.95. The second-order valence-corrected chi connectivity index (χ2v) is 9.19. The van der Waals surface area contributed by atoms with Crippen LogP contribution in [0.4, 0.5) is 4.39 Å². The molecule has 2 aliphatic rings. The lowest BCUT2D eigenvalue weighted by Crippen LogP contribution is -2.27. The van der Waals surface area contributed by atoms with Crippen molar-refractivity contribution in [1.29, 1.82) is 0 Å². The molecular formula is C24H22ClFN6O2. The van der Waals surface area contributed by atoms with Crippen LogP contribution in [0.5, 0.6) is 0 Å². The van der Waals surface area contributed by atoms with Gasteiger partial charge in [-0.3, -0.25) is 4.68 Å². The lowest BCUT2D eigenvalue weighted by atomic mass is 10.1. The molecule has 2 fully saturated rings. The SMILES string of the molecule is Cc1nc2nc([C@@H]3COC[C@@H](c4cnn(C5CC5)c4)O3)nc(-c3ccc(Cl)cc3F)c2nc1C. The fourth-order valence-electron chi connectivity index (χ4n) is 4.07. The summed E-state index contributed by atoms with van der Waals surface area (Å²) in [7, 11) is 0. The highest BCUT2D eigenvalue weighted by Gasteiger charge is 2.31. The average molecular weight is 481 g/mol. The minimum absolute atomic E-state index is 0.273. The minimum atomic E-state index is -0.551. The number of aryl methyl sites for hydroxylation is 2. The third-order valence-corrected chi connectivity index (χ3v) is 6.45. The zero-order chi connectivity index (χ0) is 23.4. The topological polar surface area (TPSA) is 87.8 Å². The third kappa shape index (κ3) is 3.93. The second kappa shape index (κ2) is 8.33. The smallest absolute Gasteiger partial charge is 0.182 e. The van der Waals surface area contributed by atoms with E-state index in [1.807, 2.05) is 30.9 Å². The molecule has 1 saturated carbocycles. The zero-order valence-corrected chi connectivity index (χ0v) is 19.5. The van der Waals surface area contributed by atoms with Crippen LogP contribution in [-0.4, -0.2) is 42.9 Å². The van der Waals surface area contributed by atoms with E-state index in [-0.39, 0.29) is 18.3 Å². The van der Waals surface area contributed by atoms with Crippen molar-refractivity contribution in [3.05, 3.63) is 64.2 Å². The van der Waals surface area contributed by atoms with Crippen molar-refractivity contribution in [2.24, 2.45) is 0 Å². The molecule has 8 nitrogen and oxygen atoms in total. The molecule has 10 heteroatoms. The fourth-order valence-corrected chi connectivity index (χ4v) is 4.23. The lowest BCUT2D eigenvalue weighted by Gasteiger charge is -2.29. The normalized spacial score (nSPS) is 20.7. The number of ether oxygens (including phenoxy) is 2. The van der Waals surface area contributed by atoms with Gasteiger partial charge in [0.15, 0.2) is 11.5 Å². The van der Waals surface area contributed by atoms with E-state index in [0.717, 1.165) is 29.8 Å². The van der Waals surface area contributed by atoms with Crippen LogP contribution in [-0.2, 0) is 9.47 Å². The van der Waals surface area contributed by atoms with Crippen molar-refractivity contribution in [3.8, 4) is 11.3 Å². The van der Waals surface area contributed by atoms with Crippen molar-refractivity contribution in [1.82, 2.24) is 29.7 Å². The van der Waals surface area contributed by atoms with Crippen LogP contribution in [0.3, 0.4) is 0 Å². The molecular weight excluding hydrogens is 459 g/mol. The van der Waals surface area contributed by atoms with Crippen LogP contribution in [0.25, 0.3) is 22.4 Å². The summed E-state index contributed by atoms with van der Waals surface area (Å²) in [4.78, 5) is 18.6. The van der Waals surface area contributed by atoms with Gasteiger partial charge in [0.2, 0.25) is 0 Å². The van der Waals surface area contributed by atoms with Crippen LogP contribution in [0.15, 0.2) is 30.6 Å². The van der Waals surface area contributed by atoms with Crippen molar-refractivity contribution in [2.75, 3.05) is 13.2 Å². The number of hydrogen-bond acceptors (Lipinski definition) is 7. The van der Waals surface area contributed by atoms with Crippen LogP contribution in [0, 0.1) is 19.7 Å². The zero-order valence-electron chi connectivity index (χ0n) is 18.7. The standard InChI is InChI=1S/C24H22ClFN6O2/c1-12-13(2)29-24-22(28-12)21(17-6-3-15(25)7-18(17)26)30-23(31-24)20-11-33-10-19(34-20)14-8-27-32(9-14)16-4-5-16/h3,6-9,16,19-20H,4-5,10-11H2,1-2H3/t19-,20-/m0/s1. The Bertz CT molecular complexity index is 1410. The minimum Gasteiger partial charge on any atom is -0.375 e. The largest absolute Gasteiger partial charge is 0.375 e. The Balaban J connectivity index is 1.41. The van der Waals surface area contributed by atoms with Crippen molar-refractivity contribution < 1.29 is 13.9 Å². The number of nitrogens with zero attached hydrogens (tertiary/aromatic N) is 6. The Morgan fingerprint density at radius 2 is 1.82 bits per heavy atom. The van der Waals surface area contributed by atoms with E-state index in [1.54, 1.807) is 12.1 Å². The molecule has 1 saturated heterocycles. The van der Waals surface area contributed by atoms with Crippen molar-refractivity contribution >= 4 is 22.8 Å². The van der Waals surface area contributed by atoms with Gasteiger partial charge < -0.3 is 9.47 Å². The Morgan fingerprint density at radius 1 is 1.03 bits per heavy atom. The summed E-state index contributed by atoms with van der Waals surface area (Å²) < 4.78 is 29.1. The summed E-state index contributed by atoms with van der Waals surface area (Å²) in [6.45, 7) is 4.40. The molecule has 1 aromatic carbocycles. The average Bonchev–Trinajstić information content (AvgIpc) is 3.56. The maximum atomic E-state index is 14.9. The van der Waals surface area contributed by atoms with Gasteiger partial charge in [0, 0.05) is 22.3 Å².